The SMILES string of the molecule is O=C(CCN1C(=O)[C@@H]2[C@H]3C=C[C@@H]([C@@H]4C[C@H]34)[C@H]2C1=O)OCC(=O)c1ccc(-c2ccccc2)cc1. The molecular weight excluding hydrogens is 430 g/mol. The lowest BCUT2D eigenvalue weighted by atomic mass is 9.63. The number of carbonyl (C=O) groups is 4. The number of ketones is 1. The largest absolute Gasteiger partial charge is 0.457 e. The summed E-state index contributed by atoms with van der Waals surface area (Å²) in [6.45, 7) is -0.355. The summed E-state index contributed by atoms with van der Waals surface area (Å²) in [5, 5.41) is 0. The fraction of sp³-hybridized carbons (Fsp3) is 0.357. The van der Waals surface area contributed by atoms with Crippen LogP contribution in [-0.4, -0.2) is 41.6 Å². The molecule has 6 nitrogen and oxygen atoms in total. The number of nitrogens with zero attached hydrogens (tertiary/aromatic N) is 1. The van der Waals surface area contributed by atoms with Crippen molar-refractivity contribution >= 4 is 23.6 Å². The van der Waals surface area contributed by atoms with E-state index in [1.54, 1.807) is 12.1 Å². The zero-order chi connectivity index (χ0) is 23.4. The van der Waals surface area contributed by atoms with Gasteiger partial charge in [-0.2, -0.15) is 0 Å². The first-order chi connectivity index (χ1) is 16.5. The van der Waals surface area contributed by atoms with Crippen LogP contribution in [-0.2, 0) is 19.1 Å². The van der Waals surface area contributed by atoms with Crippen molar-refractivity contribution in [2.75, 3.05) is 13.2 Å². The van der Waals surface area contributed by atoms with Gasteiger partial charge in [0.15, 0.2) is 12.4 Å². The van der Waals surface area contributed by atoms with Crippen LogP contribution in [0.25, 0.3) is 11.1 Å². The van der Waals surface area contributed by atoms with Crippen molar-refractivity contribution < 1.29 is 23.9 Å². The Balaban J connectivity index is 1.01. The van der Waals surface area contributed by atoms with Crippen molar-refractivity contribution in [3.63, 3.8) is 0 Å². The average Bonchev–Trinajstić information content (AvgIpc) is 3.66. The minimum absolute atomic E-state index is 0.0121. The van der Waals surface area contributed by atoms with E-state index in [9.17, 15) is 19.2 Å². The fourth-order valence-corrected chi connectivity index (χ4v) is 6.22. The number of benzene rings is 2. The number of hydrogen-bond donors (Lipinski definition) is 0. The van der Waals surface area contributed by atoms with Crippen LogP contribution in [0.1, 0.15) is 23.2 Å². The molecule has 2 saturated carbocycles. The second-order valence-corrected chi connectivity index (χ2v) is 9.76. The second kappa shape index (κ2) is 8.05. The van der Waals surface area contributed by atoms with E-state index < -0.39 is 5.97 Å². The third-order valence-electron chi connectivity index (χ3n) is 7.97. The molecular formula is C28H25NO5. The van der Waals surface area contributed by atoms with Crippen LogP contribution >= 0.6 is 0 Å². The molecule has 6 heteroatoms. The highest BCUT2D eigenvalue weighted by Gasteiger charge is 2.66. The molecule has 2 aromatic carbocycles. The monoisotopic (exact) mass is 455 g/mol. The van der Waals surface area contributed by atoms with Crippen molar-refractivity contribution in [1.29, 1.82) is 0 Å². The van der Waals surface area contributed by atoms with Crippen molar-refractivity contribution in [2.45, 2.75) is 12.8 Å². The van der Waals surface area contributed by atoms with Crippen LogP contribution in [0.4, 0.5) is 0 Å². The van der Waals surface area contributed by atoms with Crippen LogP contribution in [0.5, 0.6) is 0 Å². The van der Waals surface area contributed by atoms with Crippen molar-refractivity contribution in [1.82, 2.24) is 4.90 Å². The molecule has 0 aromatic heterocycles. The van der Waals surface area contributed by atoms with Crippen LogP contribution in [0, 0.1) is 35.5 Å². The maximum atomic E-state index is 13.0. The first-order valence-electron chi connectivity index (χ1n) is 11.9. The molecule has 0 spiro atoms. The summed E-state index contributed by atoms with van der Waals surface area (Å²) < 4.78 is 5.15. The lowest BCUT2D eigenvalue weighted by Crippen LogP contribution is -2.40. The molecule has 6 atom stereocenters. The van der Waals surface area contributed by atoms with Crippen LogP contribution in [0.2, 0.25) is 0 Å². The number of ether oxygens (including phenoxy) is 1. The quantitative estimate of drug-likeness (QED) is 0.276. The maximum absolute atomic E-state index is 13.0. The first kappa shape index (κ1) is 21.0. The Morgan fingerprint density at radius 2 is 1.41 bits per heavy atom. The summed E-state index contributed by atoms with van der Waals surface area (Å²) in [6.07, 6.45) is 5.26. The third-order valence-corrected chi connectivity index (χ3v) is 7.97. The van der Waals surface area contributed by atoms with Gasteiger partial charge in [-0.25, -0.2) is 0 Å². The van der Waals surface area contributed by atoms with E-state index >= 15 is 0 Å². The van der Waals surface area contributed by atoms with E-state index in [0.29, 0.717) is 17.4 Å². The Morgan fingerprint density at radius 3 is 2.03 bits per heavy atom. The Morgan fingerprint density at radius 1 is 0.824 bits per heavy atom. The van der Waals surface area contributed by atoms with Gasteiger partial charge < -0.3 is 4.74 Å². The number of imide groups is 1. The van der Waals surface area contributed by atoms with Crippen molar-refractivity contribution in [2.24, 2.45) is 35.5 Å². The highest BCUT2D eigenvalue weighted by Crippen LogP contribution is 2.65. The number of likely N-dealkylation sites (tertiary alicyclic amines) is 1. The minimum Gasteiger partial charge on any atom is -0.457 e. The predicted molar refractivity (Wildman–Crippen MR) is 123 cm³/mol. The Labute approximate surface area is 197 Å². The number of esters is 1. The molecule has 1 heterocycles. The molecule has 172 valence electrons. The summed E-state index contributed by atoms with van der Waals surface area (Å²) in [5.41, 5.74) is 2.51. The summed E-state index contributed by atoms with van der Waals surface area (Å²) in [4.78, 5) is 51.9. The summed E-state index contributed by atoms with van der Waals surface area (Å²) in [5.74, 6) is -0.285. The van der Waals surface area contributed by atoms with Gasteiger partial charge >= 0.3 is 5.97 Å². The summed E-state index contributed by atoms with van der Waals surface area (Å²) in [7, 11) is 0. The Bertz CT molecular complexity index is 1170. The van der Waals surface area contributed by atoms with E-state index in [2.05, 4.69) is 12.2 Å². The highest BCUT2D eigenvalue weighted by atomic mass is 16.5. The first-order valence-corrected chi connectivity index (χ1v) is 11.9. The minimum atomic E-state index is -0.589. The van der Waals surface area contributed by atoms with Crippen LogP contribution in [0.3, 0.4) is 0 Å². The van der Waals surface area contributed by atoms with Crippen LogP contribution in [0.15, 0.2) is 66.7 Å². The molecule has 1 saturated heterocycles. The van der Waals surface area contributed by atoms with Gasteiger partial charge in [0.05, 0.1) is 18.3 Å². The summed E-state index contributed by atoms with van der Waals surface area (Å²) in [6, 6.07) is 17.0. The molecule has 0 radical (unpaired) electrons. The average molecular weight is 456 g/mol. The molecule has 2 amide bonds. The van der Waals surface area contributed by atoms with Gasteiger partial charge in [-0.3, -0.25) is 24.1 Å². The maximum Gasteiger partial charge on any atom is 0.308 e. The molecule has 0 N–H and O–H groups in total. The van der Waals surface area contributed by atoms with Crippen molar-refractivity contribution in [3.05, 3.63) is 72.3 Å². The van der Waals surface area contributed by atoms with Gasteiger partial charge in [0.1, 0.15) is 0 Å². The highest BCUT2D eigenvalue weighted by molar-refractivity contribution is 6.06. The van der Waals surface area contributed by atoms with Crippen molar-refractivity contribution in [3.8, 4) is 11.1 Å². The van der Waals surface area contributed by atoms with E-state index in [-0.39, 0.29) is 60.8 Å². The molecule has 0 unspecified atom stereocenters. The number of Topliss-reactive ketones (excluding diaryl/α,β-unsaturated/α-hetero) is 1. The van der Waals surface area contributed by atoms with Gasteiger partial charge in [0.25, 0.3) is 0 Å². The molecule has 34 heavy (non-hydrogen) atoms. The number of rotatable bonds is 7. The Hall–Kier alpha value is -3.54. The zero-order valence-electron chi connectivity index (χ0n) is 18.6. The van der Waals surface area contributed by atoms with E-state index in [1.165, 1.54) is 4.90 Å². The van der Waals surface area contributed by atoms with Gasteiger partial charge in [-0.15, -0.1) is 0 Å². The van der Waals surface area contributed by atoms with Gasteiger partial charge in [-0.05, 0) is 41.2 Å². The van der Waals surface area contributed by atoms with Crippen LogP contribution < -0.4 is 0 Å². The lowest BCUT2D eigenvalue weighted by Gasteiger charge is -2.37. The lowest BCUT2D eigenvalue weighted by molar-refractivity contribution is -0.145. The number of allylic oxidation sites excluding steroid dienone is 2. The normalized spacial score (nSPS) is 30.2. The standard InChI is InChI=1S/C28H25NO5/c30-23(18-8-6-17(7-9-18)16-4-2-1-3-5-16)15-34-24(31)12-13-29-27(32)25-19-10-11-20(22-14-21(19)22)26(25)28(29)33/h1-11,19-22,25-26H,12-15H2/t19-,20-,21-,22+,25+,26+/m0/s1. The molecule has 5 aliphatic rings. The fourth-order valence-electron chi connectivity index (χ4n) is 6.22. The van der Waals surface area contributed by atoms with Gasteiger partial charge in [-0.1, -0.05) is 66.7 Å². The number of carbonyl (C=O) groups excluding carboxylic acids is 4. The van der Waals surface area contributed by atoms with E-state index in [1.807, 2.05) is 42.5 Å². The molecule has 2 aromatic rings. The van der Waals surface area contributed by atoms with Gasteiger partial charge in [0, 0.05) is 12.1 Å². The summed E-state index contributed by atoms with van der Waals surface area (Å²) >= 11 is 0. The smallest absolute Gasteiger partial charge is 0.308 e. The number of amides is 2. The Kier molecular flexibility index (Phi) is 4.97. The number of hydrogen-bond acceptors (Lipinski definition) is 5. The van der Waals surface area contributed by atoms with E-state index in [0.717, 1.165) is 17.5 Å². The molecule has 7 rings (SSSR count). The van der Waals surface area contributed by atoms with E-state index in [4.69, 9.17) is 4.74 Å². The molecule has 2 bridgehead atoms. The molecule has 1 aliphatic heterocycles. The molecule has 3 fully saturated rings. The predicted octanol–water partition coefficient (Wildman–Crippen LogP) is 3.52. The van der Waals surface area contributed by atoms with Gasteiger partial charge in [0.2, 0.25) is 11.8 Å². The topological polar surface area (TPSA) is 80.8 Å². The third kappa shape index (κ3) is 3.40. The molecule has 4 aliphatic carbocycles. The second-order valence-electron chi connectivity index (χ2n) is 9.76. The zero-order valence-corrected chi connectivity index (χ0v) is 18.6.